The second-order valence-electron chi connectivity index (χ2n) is 5.27. The quantitative estimate of drug-likeness (QED) is 0.491. The van der Waals surface area contributed by atoms with Crippen LogP contribution in [0.15, 0.2) is 48.7 Å². The summed E-state index contributed by atoms with van der Waals surface area (Å²) in [5.41, 5.74) is -0.0345. The van der Waals surface area contributed by atoms with Gasteiger partial charge in [0.2, 0.25) is 0 Å². The van der Waals surface area contributed by atoms with Crippen LogP contribution in [0.3, 0.4) is 0 Å². The monoisotopic (exact) mass is 349 g/mol. The van der Waals surface area contributed by atoms with E-state index in [0.717, 1.165) is 12.1 Å². The molecule has 0 aliphatic rings. The summed E-state index contributed by atoms with van der Waals surface area (Å²) in [6, 6.07) is 8.36. The topological polar surface area (TPSA) is 39.2 Å². The van der Waals surface area contributed by atoms with Gasteiger partial charge in [-0.25, -0.2) is 9.18 Å². The smallest absolute Gasteiger partial charge is 0.416 e. The van der Waals surface area contributed by atoms with Crippen molar-refractivity contribution in [3.63, 3.8) is 0 Å². The highest BCUT2D eigenvalue weighted by molar-refractivity contribution is 6.00. The van der Waals surface area contributed by atoms with Crippen LogP contribution in [-0.4, -0.2) is 18.1 Å². The number of hydrogen-bond donors (Lipinski definition) is 0. The van der Waals surface area contributed by atoms with E-state index < -0.39 is 23.5 Å². The molecule has 0 amide bonds. The summed E-state index contributed by atoms with van der Waals surface area (Å²) in [5, 5.41) is 0.434. The lowest BCUT2D eigenvalue weighted by atomic mass is 9.98. The number of benzene rings is 2. The van der Waals surface area contributed by atoms with Crippen LogP contribution in [0.4, 0.5) is 17.6 Å². The van der Waals surface area contributed by atoms with Gasteiger partial charge in [-0.2, -0.15) is 13.2 Å². The van der Waals surface area contributed by atoms with E-state index in [0.29, 0.717) is 22.5 Å². The van der Waals surface area contributed by atoms with Gasteiger partial charge < -0.3 is 4.74 Å². The summed E-state index contributed by atoms with van der Waals surface area (Å²) in [5.74, 6) is -1.59. The van der Waals surface area contributed by atoms with Gasteiger partial charge in [0.05, 0.1) is 23.8 Å². The molecule has 3 rings (SSSR count). The van der Waals surface area contributed by atoms with E-state index in [1.54, 1.807) is 6.07 Å². The third-order valence-corrected chi connectivity index (χ3v) is 3.75. The van der Waals surface area contributed by atoms with Gasteiger partial charge in [0.15, 0.2) is 0 Å². The summed E-state index contributed by atoms with van der Waals surface area (Å²) in [7, 11) is 1.23. The summed E-state index contributed by atoms with van der Waals surface area (Å²) in [6.07, 6.45) is -3.20. The highest BCUT2D eigenvalue weighted by Crippen LogP contribution is 2.35. The van der Waals surface area contributed by atoms with E-state index in [-0.39, 0.29) is 11.1 Å². The molecule has 0 saturated carbocycles. The Morgan fingerprint density at radius 1 is 1.04 bits per heavy atom. The maximum atomic E-state index is 14.3. The molecule has 25 heavy (non-hydrogen) atoms. The van der Waals surface area contributed by atoms with Crippen LogP contribution >= 0.6 is 0 Å². The maximum absolute atomic E-state index is 14.3. The Balaban J connectivity index is 2.20. The van der Waals surface area contributed by atoms with Crippen LogP contribution in [0.5, 0.6) is 0 Å². The predicted molar refractivity (Wildman–Crippen MR) is 83.5 cm³/mol. The second-order valence-corrected chi connectivity index (χ2v) is 5.27. The molecule has 0 N–H and O–H groups in total. The number of carbonyl (C=O) groups excluding carboxylic acids is 1. The van der Waals surface area contributed by atoms with Crippen molar-refractivity contribution < 1.29 is 27.1 Å². The molecule has 0 saturated heterocycles. The Labute approximate surface area is 139 Å². The highest BCUT2D eigenvalue weighted by atomic mass is 19.4. The van der Waals surface area contributed by atoms with Gasteiger partial charge in [0.1, 0.15) is 5.82 Å². The van der Waals surface area contributed by atoms with Crippen molar-refractivity contribution >= 4 is 16.9 Å². The van der Waals surface area contributed by atoms with Gasteiger partial charge in [-0.1, -0.05) is 6.07 Å². The van der Waals surface area contributed by atoms with E-state index >= 15 is 0 Å². The standard InChI is InChI=1S/C18H11F4NO2/c1-25-17(24)10-2-5-16-14(8-10)12(6-7-23-16)13-4-3-11(9-15(13)19)18(20,21)22/h2-9H,1H3. The lowest BCUT2D eigenvalue weighted by molar-refractivity contribution is -0.137. The van der Waals surface area contributed by atoms with Crippen molar-refractivity contribution in [3.8, 4) is 11.1 Å². The Hall–Kier alpha value is -2.96. The zero-order valence-electron chi connectivity index (χ0n) is 12.9. The molecule has 0 aliphatic carbocycles. The normalized spacial score (nSPS) is 11.6. The Morgan fingerprint density at radius 3 is 2.44 bits per heavy atom. The summed E-state index contributed by atoms with van der Waals surface area (Å²) >= 11 is 0. The van der Waals surface area contributed by atoms with Crippen molar-refractivity contribution in [3.05, 3.63) is 65.6 Å². The van der Waals surface area contributed by atoms with E-state index in [2.05, 4.69) is 9.72 Å². The van der Waals surface area contributed by atoms with Gasteiger partial charge in [0, 0.05) is 17.1 Å². The molecule has 1 heterocycles. The van der Waals surface area contributed by atoms with Crippen molar-refractivity contribution in [2.75, 3.05) is 7.11 Å². The molecule has 3 aromatic rings. The number of aromatic nitrogens is 1. The highest BCUT2D eigenvalue weighted by Gasteiger charge is 2.31. The summed E-state index contributed by atoms with van der Waals surface area (Å²) in [6.45, 7) is 0. The van der Waals surface area contributed by atoms with Crippen molar-refractivity contribution in [1.82, 2.24) is 4.98 Å². The fourth-order valence-corrected chi connectivity index (χ4v) is 2.54. The van der Waals surface area contributed by atoms with E-state index in [1.165, 1.54) is 31.5 Å². The average Bonchev–Trinajstić information content (AvgIpc) is 2.59. The number of hydrogen-bond acceptors (Lipinski definition) is 3. The number of rotatable bonds is 2. The van der Waals surface area contributed by atoms with Crippen LogP contribution in [0.1, 0.15) is 15.9 Å². The van der Waals surface area contributed by atoms with E-state index in [4.69, 9.17) is 0 Å². The fraction of sp³-hybridized carbons (Fsp3) is 0.111. The fourth-order valence-electron chi connectivity index (χ4n) is 2.54. The minimum absolute atomic E-state index is 0.0117. The number of alkyl halides is 3. The lowest BCUT2D eigenvalue weighted by Crippen LogP contribution is -2.05. The number of nitrogens with zero attached hydrogens (tertiary/aromatic N) is 1. The second kappa shape index (κ2) is 6.16. The average molecular weight is 349 g/mol. The first-order chi connectivity index (χ1) is 11.8. The first-order valence-electron chi connectivity index (χ1n) is 7.15. The number of methoxy groups -OCH3 is 1. The summed E-state index contributed by atoms with van der Waals surface area (Å²) < 4.78 is 57.1. The van der Waals surface area contributed by atoms with E-state index in [1.807, 2.05) is 0 Å². The van der Waals surface area contributed by atoms with Crippen molar-refractivity contribution in [2.24, 2.45) is 0 Å². The molecule has 0 radical (unpaired) electrons. The zero-order valence-corrected chi connectivity index (χ0v) is 12.9. The molecule has 0 aliphatic heterocycles. The first-order valence-corrected chi connectivity index (χ1v) is 7.15. The van der Waals surface area contributed by atoms with Gasteiger partial charge in [-0.15, -0.1) is 0 Å². The maximum Gasteiger partial charge on any atom is 0.416 e. The minimum atomic E-state index is -4.63. The molecule has 0 bridgehead atoms. The van der Waals surface area contributed by atoms with Crippen LogP contribution < -0.4 is 0 Å². The Morgan fingerprint density at radius 2 is 1.80 bits per heavy atom. The van der Waals surface area contributed by atoms with Gasteiger partial charge in [-0.05, 0) is 42.0 Å². The number of fused-ring (bicyclic) bond motifs is 1. The number of halogens is 4. The van der Waals surface area contributed by atoms with Gasteiger partial charge >= 0.3 is 12.1 Å². The van der Waals surface area contributed by atoms with Crippen LogP contribution in [0, 0.1) is 5.82 Å². The molecule has 0 atom stereocenters. The van der Waals surface area contributed by atoms with Gasteiger partial charge in [-0.3, -0.25) is 4.98 Å². The molecule has 3 nitrogen and oxygen atoms in total. The Bertz CT molecular complexity index is 967. The van der Waals surface area contributed by atoms with Gasteiger partial charge in [0.25, 0.3) is 0 Å². The molecule has 2 aromatic carbocycles. The molecule has 0 spiro atoms. The SMILES string of the molecule is COC(=O)c1ccc2nccc(-c3ccc(C(F)(F)F)cc3F)c2c1. The summed E-state index contributed by atoms with van der Waals surface area (Å²) in [4.78, 5) is 15.8. The molecule has 0 unspecified atom stereocenters. The van der Waals surface area contributed by atoms with Crippen LogP contribution in [0.25, 0.3) is 22.0 Å². The van der Waals surface area contributed by atoms with Crippen molar-refractivity contribution in [2.45, 2.75) is 6.18 Å². The molecule has 1 aromatic heterocycles. The van der Waals surface area contributed by atoms with E-state index in [9.17, 15) is 22.4 Å². The molecular formula is C18H11F4NO2. The number of ether oxygens (including phenoxy) is 1. The largest absolute Gasteiger partial charge is 0.465 e. The number of carbonyl (C=O) groups is 1. The van der Waals surface area contributed by atoms with Crippen molar-refractivity contribution in [1.29, 1.82) is 0 Å². The Kier molecular flexibility index (Phi) is 4.16. The molecular weight excluding hydrogens is 338 g/mol. The third kappa shape index (κ3) is 3.17. The number of pyridine rings is 1. The lowest BCUT2D eigenvalue weighted by Gasteiger charge is -2.11. The third-order valence-electron chi connectivity index (χ3n) is 3.75. The van der Waals surface area contributed by atoms with Crippen LogP contribution in [-0.2, 0) is 10.9 Å². The van der Waals surface area contributed by atoms with Crippen LogP contribution in [0.2, 0.25) is 0 Å². The minimum Gasteiger partial charge on any atom is -0.465 e. The molecule has 128 valence electrons. The number of esters is 1. The first kappa shape index (κ1) is 16.9. The predicted octanol–water partition coefficient (Wildman–Crippen LogP) is 4.85. The zero-order chi connectivity index (χ0) is 18.2. The molecule has 7 heteroatoms. The molecule has 0 fully saturated rings.